The van der Waals surface area contributed by atoms with Crippen molar-refractivity contribution in [3.8, 4) is 0 Å². The van der Waals surface area contributed by atoms with Crippen molar-refractivity contribution in [3.05, 3.63) is 53.6 Å². The highest BCUT2D eigenvalue weighted by atomic mass is 32.2. The summed E-state index contributed by atoms with van der Waals surface area (Å²) >= 11 is 1.50. The van der Waals surface area contributed by atoms with Crippen molar-refractivity contribution in [3.63, 3.8) is 0 Å². The van der Waals surface area contributed by atoms with Gasteiger partial charge in [-0.1, -0.05) is 25.1 Å². The molecule has 4 nitrogen and oxygen atoms in total. The maximum absolute atomic E-state index is 12.7. The van der Waals surface area contributed by atoms with Crippen LogP contribution in [0.4, 0.5) is 11.4 Å². The van der Waals surface area contributed by atoms with E-state index in [2.05, 4.69) is 10.6 Å². The molecule has 1 unspecified atom stereocenters. The van der Waals surface area contributed by atoms with Gasteiger partial charge in [0.05, 0.1) is 5.25 Å². The molecule has 2 aromatic rings. The number of benzene rings is 2. The largest absolute Gasteiger partial charge is 0.326 e. The van der Waals surface area contributed by atoms with Gasteiger partial charge in [-0.05, 0) is 55.7 Å². The number of hydrogen-bond acceptors (Lipinski definition) is 3. The first-order valence-corrected chi connectivity index (χ1v) is 9.19. The molecule has 2 N–H and O–H groups in total. The highest BCUT2D eigenvalue weighted by molar-refractivity contribution is 8.00. The molecule has 0 aliphatic rings. The molecule has 0 heterocycles. The monoisotopic (exact) mass is 356 g/mol. The fraction of sp³-hybridized carbons (Fsp3) is 0.300. The zero-order chi connectivity index (χ0) is 18.4. The van der Waals surface area contributed by atoms with Crippen LogP contribution in [0.15, 0.2) is 47.4 Å². The molecule has 0 saturated heterocycles. The summed E-state index contributed by atoms with van der Waals surface area (Å²) in [6.07, 6.45) is 0.714. The van der Waals surface area contributed by atoms with Crippen LogP contribution in [0.1, 0.15) is 31.4 Å². The smallest absolute Gasteiger partial charge is 0.237 e. The van der Waals surface area contributed by atoms with Crippen molar-refractivity contribution in [1.82, 2.24) is 0 Å². The molecule has 2 rings (SSSR count). The summed E-state index contributed by atoms with van der Waals surface area (Å²) in [7, 11) is 0. The second kappa shape index (κ2) is 8.72. The number of rotatable bonds is 6. The second-order valence-electron chi connectivity index (χ2n) is 6.03. The fourth-order valence-corrected chi connectivity index (χ4v) is 3.43. The van der Waals surface area contributed by atoms with Gasteiger partial charge in [-0.25, -0.2) is 0 Å². The molecule has 132 valence electrons. The van der Waals surface area contributed by atoms with Gasteiger partial charge < -0.3 is 10.6 Å². The van der Waals surface area contributed by atoms with Crippen LogP contribution >= 0.6 is 11.8 Å². The number of nitrogens with one attached hydrogen (secondary N) is 2. The minimum Gasteiger partial charge on any atom is -0.326 e. The van der Waals surface area contributed by atoms with Gasteiger partial charge in [0, 0.05) is 23.2 Å². The minimum absolute atomic E-state index is 0.00821. The third-order valence-electron chi connectivity index (χ3n) is 3.75. The Bertz CT molecular complexity index is 774. The number of anilines is 2. The molecular formula is C20H24N2O2S. The molecule has 5 heteroatoms. The Morgan fingerprint density at radius 1 is 1.08 bits per heavy atom. The van der Waals surface area contributed by atoms with Gasteiger partial charge in [-0.2, -0.15) is 0 Å². The van der Waals surface area contributed by atoms with E-state index in [-0.39, 0.29) is 17.1 Å². The zero-order valence-corrected chi connectivity index (χ0v) is 15.9. The molecule has 25 heavy (non-hydrogen) atoms. The second-order valence-corrected chi connectivity index (χ2v) is 7.31. The zero-order valence-electron chi connectivity index (χ0n) is 15.1. The van der Waals surface area contributed by atoms with E-state index in [0.29, 0.717) is 6.42 Å². The topological polar surface area (TPSA) is 58.2 Å². The van der Waals surface area contributed by atoms with Crippen LogP contribution in [0.3, 0.4) is 0 Å². The number of hydrogen-bond donors (Lipinski definition) is 2. The van der Waals surface area contributed by atoms with Crippen molar-refractivity contribution in [2.24, 2.45) is 0 Å². The van der Waals surface area contributed by atoms with Crippen LogP contribution in [0, 0.1) is 13.8 Å². The average molecular weight is 356 g/mol. The fourth-order valence-electron chi connectivity index (χ4n) is 2.42. The Morgan fingerprint density at radius 3 is 2.52 bits per heavy atom. The van der Waals surface area contributed by atoms with E-state index < -0.39 is 0 Å². The van der Waals surface area contributed by atoms with E-state index in [1.54, 1.807) is 0 Å². The SMILES string of the molecule is CCC(Sc1cccc(NC(C)=O)c1)C(=O)Nc1cc(C)ccc1C. The van der Waals surface area contributed by atoms with Gasteiger partial charge in [0.25, 0.3) is 0 Å². The van der Waals surface area contributed by atoms with E-state index >= 15 is 0 Å². The van der Waals surface area contributed by atoms with Gasteiger partial charge in [0.1, 0.15) is 0 Å². The molecular weight excluding hydrogens is 332 g/mol. The lowest BCUT2D eigenvalue weighted by Gasteiger charge is -2.17. The van der Waals surface area contributed by atoms with Crippen LogP contribution in [0.25, 0.3) is 0 Å². The first kappa shape index (κ1) is 19.1. The predicted molar refractivity (Wildman–Crippen MR) is 105 cm³/mol. The minimum atomic E-state index is -0.201. The Balaban J connectivity index is 2.10. The molecule has 0 radical (unpaired) electrons. The molecule has 0 aliphatic heterocycles. The van der Waals surface area contributed by atoms with Gasteiger partial charge in [0.2, 0.25) is 11.8 Å². The standard InChI is InChI=1S/C20H24N2O2S/c1-5-19(20(24)22-18-11-13(2)9-10-14(18)3)25-17-8-6-7-16(12-17)21-15(4)23/h6-12,19H,5H2,1-4H3,(H,21,23)(H,22,24). The van der Waals surface area contributed by atoms with E-state index in [9.17, 15) is 9.59 Å². The lowest BCUT2D eigenvalue weighted by Crippen LogP contribution is -2.25. The summed E-state index contributed by atoms with van der Waals surface area (Å²) in [5.41, 5.74) is 3.76. The Kier molecular flexibility index (Phi) is 6.65. The van der Waals surface area contributed by atoms with Crippen molar-refractivity contribution < 1.29 is 9.59 Å². The third kappa shape index (κ3) is 5.64. The lowest BCUT2D eigenvalue weighted by atomic mass is 10.1. The number of amides is 2. The van der Waals surface area contributed by atoms with Gasteiger partial charge in [0.15, 0.2) is 0 Å². The third-order valence-corrected chi connectivity index (χ3v) is 5.10. The van der Waals surface area contributed by atoms with Crippen molar-refractivity contribution in [2.45, 2.75) is 44.3 Å². The molecule has 1 atom stereocenters. The van der Waals surface area contributed by atoms with Gasteiger partial charge >= 0.3 is 0 Å². The van der Waals surface area contributed by atoms with E-state index in [1.807, 2.05) is 63.2 Å². The van der Waals surface area contributed by atoms with Gasteiger partial charge in [-0.15, -0.1) is 11.8 Å². The Morgan fingerprint density at radius 2 is 1.84 bits per heavy atom. The lowest BCUT2D eigenvalue weighted by molar-refractivity contribution is -0.116. The number of aryl methyl sites for hydroxylation is 2. The van der Waals surface area contributed by atoms with Crippen LogP contribution in [0.2, 0.25) is 0 Å². The quantitative estimate of drug-likeness (QED) is 0.733. The molecule has 0 spiro atoms. The van der Waals surface area contributed by atoms with Gasteiger partial charge in [-0.3, -0.25) is 9.59 Å². The van der Waals surface area contributed by atoms with Crippen LogP contribution < -0.4 is 10.6 Å². The molecule has 2 aromatic carbocycles. The normalized spacial score (nSPS) is 11.7. The summed E-state index contributed by atoms with van der Waals surface area (Å²) in [6.45, 7) is 7.47. The molecule has 0 saturated carbocycles. The maximum atomic E-state index is 12.7. The molecule has 0 aliphatic carbocycles. The van der Waals surface area contributed by atoms with E-state index in [4.69, 9.17) is 0 Å². The highest BCUT2D eigenvalue weighted by Gasteiger charge is 2.19. The summed E-state index contributed by atoms with van der Waals surface area (Å²) in [5.74, 6) is -0.118. The van der Waals surface area contributed by atoms with Crippen LogP contribution in [-0.2, 0) is 9.59 Å². The maximum Gasteiger partial charge on any atom is 0.237 e. The number of carbonyl (C=O) groups is 2. The highest BCUT2D eigenvalue weighted by Crippen LogP contribution is 2.29. The van der Waals surface area contributed by atoms with Crippen LogP contribution in [-0.4, -0.2) is 17.1 Å². The molecule has 0 aromatic heterocycles. The summed E-state index contributed by atoms with van der Waals surface area (Å²) < 4.78 is 0. The Labute approximate surface area is 153 Å². The van der Waals surface area contributed by atoms with Crippen molar-refractivity contribution >= 4 is 35.0 Å². The summed E-state index contributed by atoms with van der Waals surface area (Å²) in [5, 5.41) is 5.60. The van der Waals surface area contributed by atoms with E-state index in [0.717, 1.165) is 27.4 Å². The van der Waals surface area contributed by atoms with Crippen molar-refractivity contribution in [2.75, 3.05) is 10.6 Å². The average Bonchev–Trinajstić information content (AvgIpc) is 2.55. The van der Waals surface area contributed by atoms with Crippen LogP contribution in [0.5, 0.6) is 0 Å². The summed E-state index contributed by atoms with van der Waals surface area (Å²) in [4.78, 5) is 24.8. The first-order valence-electron chi connectivity index (χ1n) is 8.31. The summed E-state index contributed by atoms with van der Waals surface area (Å²) in [6, 6.07) is 13.6. The molecule has 0 bridgehead atoms. The Hall–Kier alpha value is -2.27. The molecule has 2 amide bonds. The number of carbonyl (C=O) groups excluding carboxylic acids is 2. The van der Waals surface area contributed by atoms with Crippen molar-refractivity contribution in [1.29, 1.82) is 0 Å². The number of thioether (sulfide) groups is 1. The predicted octanol–water partition coefficient (Wildman–Crippen LogP) is 4.77. The molecule has 0 fully saturated rings. The van der Waals surface area contributed by atoms with E-state index in [1.165, 1.54) is 18.7 Å². The first-order chi connectivity index (χ1) is 11.9.